The molecule has 0 spiro atoms. The van der Waals surface area contributed by atoms with Gasteiger partial charge in [0.15, 0.2) is 0 Å². The molecule has 2 aromatic carbocycles. The number of rotatable bonds is 10. The van der Waals surface area contributed by atoms with E-state index in [0.717, 1.165) is 15.3 Å². The molecule has 0 bridgehead atoms. The molecule has 0 aliphatic carbocycles. The van der Waals surface area contributed by atoms with Crippen molar-refractivity contribution in [1.29, 1.82) is 0 Å². The van der Waals surface area contributed by atoms with Crippen molar-refractivity contribution < 1.29 is 26.8 Å². The van der Waals surface area contributed by atoms with E-state index < -0.39 is 46.2 Å². The first-order valence-electron chi connectivity index (χ1n) is 10.6. The highest BCUT2D eigenvalue weighted by Crippen LogP contribution is 2.24. The molecule has 0 aromatic heterocycles. The molecular formula is C23H30F2N4O4S. The van der Waals surface area contributed by atoms with Crippen LogP contribution in [-0.2, 0) is 26.3 Å². The Bertz CT molecular complexity index is 1130. The summed E-state index contributed by atoms with van der Waals surface area (Å²) in [6.07, 6.45) is 0. The normalized spacial score (nSPS) is 12.5. The molecule has 34 heavy (non-hydrogen) atoms. The first-order valence-corrected chi connectivity index (χ1v) is 12.0. The molecule has 2 amide bonds. The van der Waals surface area contributed by atoms with Gasteiger partial charge in [-0.2, -0.15) is 12.7 Å². The Morgan fingerprint density at radius 3 is 2.03 bits per heavy atom. The van der Waals surface area contributed by atoms with Crippen molar-refractivity contribution in [3.8, 4) is 0 Å². The van der Waals surface area contributed by atoms with Gasteiger partial charge in [0.05, 0.1) is 5.69 Å². The van der Waals surface area contributed by atoms with Crippen LogP contribution in [0.1, 0.15) is 26.3 Å². The van der Waals surface area contributed by atoms with Gasteiger partial charge in [-0.1, -0.05) is 30.3 Å². The Labute approximate surface area is 199 Å². The molecule has 2 rings (SSSR count). The maximum Gasteiger partial charge on any atom is 0.304 e. The van der Waals surface area contributed by atoms with Gasteiger partial charge < -0.3 is 10.2 Å². The third kappa shape index (κ3) is 6.51. The highest BCUT2D eigenvalue weighted by molar-refractivity contribution is 7.90. The lowest BCUT2D eigenvalue weighted by atomic mass is 10.1. The molecule has 0 saturated heterocycles. The summed E-state index contributed by atoms with van der Waals surface area (Å²) in [7, 11) is -1.78. The van der Waals surface area contributed by atoms with E-state index in [1.807, 2.05) is 0 Å². The minimum atomic E-state index is -4.28. The van der Waals surface area contributed by atoms with E-state index in [4.69, 9.17) is 0 Å². The highest BCUT2D eigenvalue weighted by atomic mass is 32.2. The molecule has 1 N–H and O–H groups in total. The van der Waals surface area contributed by atoms with Crippen LogP contribution in [0.15, 0.2) is 48.5 Å². The molecule has 1 atom stereocenters. The van der Waals surface area contributed by atoms with E-state index in [-0.39, 0.29) is 23.8 Å². The number of carbonyl (C=O) groups is 2. The summed E-state index contributed by atoms with van der Waals surface area (Å²) in [5.41, 5.74) is -0.178. The fourth-order valence-corrected chi connectivity index (χ4v) is 4.22. The molecule has 0 aliphatic heterocycles. The molecule has 0 aliphatic rings. The van der Waals surface area contributed by atoms with E-state index in [1.54, 1.807) is 19.9 Å². The molecule has 1 unspecified atom stereocenters. The maximum atomic E-state index is 14.6. The summed E-state index contributed by atoms with van der Waals surface area (Å²) >= 11 is 0. The second-order valence-corrected chi connectivity index (χ2v) is 10.3. The van der Waals surface area contributed by atoms with Gasteiger partial charge in [0.1, 0.15) is 24.2 Å². The van der Waals surface area contributed by atoms with E-state index >= 15 is 0 Å². The fraction of sp³-hybridized carbons (Fsp3) is 0.391. The lowest BCUT2D eigenvalue weighted by Crippen LogP contribution is -2.53. The summed E-state index contributed by atoms with van der Waals surface area (Å²) in [6, 6.07) is 9.63. The molecule has 8 nitrogen and oxygen atoms in total. The van der Waals surface area contributed by atoms with E-state index in [2.05, 4.69) is 5.32 Å². The summed E-state index contributed by atoms with van der Waals surface area (Å²) in [4.78, 5) is 27.2. The quantitative estimate of drug-likeness (QED) is 0.547. The second kappa shape index (κ2) is 11.4. The Morgan fingerprint density at radius 2 is 1.50 bits per heavy atom. The Balaban J connectivity index is 2.49. The van der Waals surface area contributed by atoms with E-state index in [1.165, 1.54) is 57.4 Å². The molecule has 0 saturated carbocycles. The molecule has 186 valence electrons. The monoisotopic (exact) mass is 496 g/mol. The van der Waals surface area contributed by atoms with Crippen molar-refractivity contribution >= 4 is 27.7 Å². The van der Waals surface area contributed by atoms with Crippen LogP contribution >= 0.6 is 0 Å². The summed E-state index contributed by atoms with van der Waals surface area (Å²) in [5.74, 6) is -2.72. The number of halogens is 2. The predicted octanol–water partition coefficient (Wildman–Crippen LogP) is 2.52. The van der Waals surface area contributed by atoms with Crippen molar-refractivity contribution in [2.45, 2.75) is 39.4 Å². The van der Waals surface area contributed by atoms with Gasteiger partial charge in [-0.25, -0.2) is 13.1 Å². The van der Waals surface area contributed by atoms with Gasteiger partial charge in [-0.3, -0.25) is 9.59 Å². The minimum Gasteiger partial charge on any atom is -0.352 e. The predicted molar refractivity (Wildman–Crippen MR) is 126 cm³/mol. The third-order valence-corrected chi connectivity index (χ3v) is 6.84. The highest BCUT2D eigenvalue weighted by Gasteiger charge is 2.34. The van der Waals surface area contributed by atoms with Crippen molar-refractivity contribution in [3.63, 3.8) is 0 Å². The van der Waals surface area contributed by atoms with Crippen LogP contribution in [0.5, 0.6) is 0 Å². The van der Waals surface area contributed by atoms with Crippen molar-refractivity contribution in [3.05, 3.63) is 65.7 Å². The molecule has 11 heteroatoms. The van der Waals surface area contributed by atoms with Gasteiger partial charge in [0.25, 0.3) is 0 Å². The summed E-state index contributed by atoms with van der Waals surface area (Å²) in [6.45, 7) is 3.87. The average Bonchev–Trinajstić information content (AvgIpc) is 2.76. The summed E-state index contributed by atoms with van der Waals surface area (Å²) in [5, 5.41) is 2.69. The SMILES string of the molecule is CC(C)NC(=O)C(C)N(Cc1ccccc1F)C(=O)CN(c1ccccc1F)S(=O)(=O)N(C)C. The smallest absolute Gasteiger partial charge is 0.304 e. The topological polar surface area (TPSA) is 90.0 Å². The Morgan fingerprint density at radius 1 is 0.941 bits per heavy atom. The van der Waals surface area contributed by atoms with Crippen molar-refractivity contribution in [1.82, 2.24) is 14.5 Å². The molecule has 0 fully saturated rings. The molecule has 0 heterocycles. The zero-order valence-corrected chi connectivity index (χ0v) is 20.6. The lowest BCUT2D eigenvalue weighted by molar-refractivity contribution is -0.139. The lowest BCUT2D eigenvalue weighted by Gasteiger charge is -2.33. The van der Waals surface area contributed by atoms with Crippen molar-refractivity contribution in [2.75, 3.05) is 24.9 Å². The minimum absolute atomic E-state index is 0.146. The number of nitrogens with one attached hydrogen (secondary N) is 1. The van der Waals surface area contributed by atoms with E-state index in [9.17, 15) is 26.8 Å². The summed E-state index contributed by atoms with van der Waals surface area (Å²) < 4.78 is 56.4. The van der Waals surface area contributed by atoms with Gasteiger partial charge in [0, 0.05) is 32.2 Å². The van der Waals surface area contributed by atoms with Crippen LogP contribution in [0.25, 0.3) is 0 Å². The molecular weight excluding hydrogens is 466 g/mol. The van der Waals surface area contributed by atoms with Crippen molar-refractivity contribution in [2.24, 2.45) is 0 Å². The first-order chi connectivity index (χ1) is 15.9. The number of hydrogen-bond donors (Lipinski definition) is 1. The number of amides is 2. The van der Waals surface area contributed by atoms with Crippen LogP contribution in [-0.4, -0.2) is 62.2 Å². The molecule has 0 radical (unpaired) electrons. The van der Waals surface area contributed by atoms with Crippen LogP contribution in [0.3, 0.4) is 0 Å². The Kier molecular flexibility index (Phi) is 9.11. The second-order valence-electron chi connectivity index (χ2n) is 8.20. The third-order valence-electron chi connectivity index (χ3n) is 5.04. The Hall–Kier alpha value is -3.05. The van der Waals surface area contributed by atoms with Crippen LogP contribution in [0, 0.1) is 11.6 Å². The fourth-order valence-electron chi connectivity index (χ4n) is 3.15. The number of carbonyl (C=O) groups excluding carboxylic acids is 2. The maximum absolute atomic E-state index is 14.6. The zero-order valence-electron chi connectivity index (χ0n) is 19.8. The molecule has 2 aromatic rings. The first kappa shape index (κ1) is 27.2. The van der Waals surface area contributed by atoms with E-state index in [0.29, 0.717) is 4.31 Å². The number of benzene rings is 2. The zero-order chi connectivity index (χ0) is 25.6. The van der Waals surface area contributed by atoms with Crippen LogP contribution in [0.4, 0.5) is 14.5 Å². The van der Waals surface area contributed by atoms with Gasteiger partial charge in [-0.05, 0) is 39.0 Å². The standard InChI is InChI=1S/C23H30F2N4O4S/c1-16(2)26-23(31)17(3)28(14-18-10-6-7-11-19(18)24)22(30)15-29(34(32,33)27(4)5)21-13-9-8-12-20(21)25/h6-13,16-17H,14-15H2,1-5H3,(H,26,31). The largest absolute Gasteiger partial charge is 0.352 e. The van der Waals surface area contributed by atoms with Crippen LogP contribution < -0.4 is 9.62 Å². The number of hydrogen-bond acceptors (Lipinski definition) is 4. The number of para-hydroxylation sites is 1. The van der Waals surface area contributed by atoms with Crippen LogP contribution in [0.2, 0.25) is 0 Å². The average molecular weight is 497 g/mol. The number of anilines is 1. The van der Waals surface area contributed by atoms with Gasteiger partial charge in [-0.15, -0.1) is 0 Å². The van der Waals surface area contributed by atoms with Gasteiger partial charge >= 0.3 is 10.2 Å². The number of nitrogens with zero attached hydrogens (tertiary/aromatic N) is 3. The van der Waals surface area contributed by atoms with Gasteiger partial charge in [0.2, 0.25) is 11.8 Å².